The van der Waals surface area contributed by atoms with E-state index in [1.807, 2.05) is 6.07 Å². The lowest BCUT2D eigenvalue weighted by atomic mass is 10.1. The zero-order valence-electron chi connectivity index (χ0n) is 11.5. The Morgan fingerprint density at radius 2 is 1.47 bits per heavy atom. The number of hydrogen-bond acceptors (Lipinski definition) is 2. The lowest BCUT2D eigenvalue weighted by molar-refractivity contribution is 0.351. The van der Waals surface area contributed by atoms with Crippen LogP contribution in [0.1, 0.15) is 5.56 Å². The Morgan fingerprint density at radius 1 is 0.842 bits per heavy atom. The summed E-state index contributed by atoms with van der Waals surface area (Å²) in [7, 11) is 2.18. The Kier molecular flexibility index (Phi) is 5.45. The van der Waals surface area contributed by atoms with E-state index in [9.17, 15) is 0 Å². The molecule has 19 heavy (non-hydrogen) atoms. The molecule has 2 aromatic rings. The number of likely N-dealkylation sites (N-methyl/N-ethyl adjacent to an activating group) is 1. The molecule has 0 spiro atoms. The van der Waals surface area contributed by atoms with Crippen LogP contribution in [0.15, 0.2) is 60.7 Å². The highest BCUT2D eigenvalue weighted by Gasteiger charge is 1.99. The van der Waals surface area contributed by atoms with E-state index < -0.39 is 0 Å². The zero-order chi connectivity index (χ0) is 13.3. The minimum Gasteiger partial charge on any atom is -0.384 e. The van der Waals surface area contributed by atoms with Crippen molar-refractivity contribution in [2.45, 2.75) is 6.42 Å². The molecule has 1 N–H and O–H groups in total. The molecular formula is C17H22N2. The molecule has 0 fully saturated rings. The maximum absolute atomic E-state index is 3.43. The van der Waals surface area contributed by atoms with Crippen molar-refractivity contribution in [2.24, 2.45) is 0 Å². The Balaban J connectivity index is 1.64. The van der Waals surface area contributed by atoms with E-state index in [1.165, 1.54) is 11.3 Å². The molecule has 0 amide bonds. The summed E-state index contributed by atoms with van der Waals surface area (Å²) in [6.07, 6.45) is 1.11. The smallest absolute Gasteiger partial charge is 0.0340 e. The number of nitrogens with one attached hydrogen (secondary N) is 1. The van der Waals surface area contributed by atoms with Gasteiger partial charge in [-0.05, 0) is 31.2 Å². The first kappa shape index (κ1) is 13.6. The second-order valence-corrected chi connectivity index (χ2v) is 4.83. The van der Waals surface area contributed by atoms with Crippen LogP contribution in [-0.4, -0.2) is 31.6 Å². The molecule has 2 nitrogen and oxygen atoms in total. The maximum atomic E-state index is 3.43. The molecule has 2 heteroatoms. The monoisotopic (exact) mass is 254 g/mol. The Bertz CT molecular complexity index is 453. The topological polar surface area (TPSA) is 15.3 Å². The summed E-state index contributed by atoms with van der Waals surface area (Å²) in [6.45, 7) is 3.14. The summed E-state index contributed by atoms with van der Waals surface area (Å²) >= 11 is 0. The predicted octanol–water partition coefficient (Wildman–Crippen LogP) is 3.27. The number of benzene rings is 2. The molecule has 0 heterocycles. The Labute approximate surface area is 116 Å². The molecule has 2 aromatic carbocycles. The van der Waals surface area contributed by atoms with Crippen LogP contribution in [0.3, 0.4) is 0 Å². The SMILES string of the molecule is CN(CCNc1ccccc1)CCc1ccccc1. The van der Waals surface area contributed by atoms with Gasteiger partial charge in [0.2, 0.25) is 0 Å². The average Bonchev–Trinajstić information content (AvgIpc) is 2.47. The molecule has 0 bridgehead atoms. The van der Waals surface area contributed by atoms with Gasteiger partial charge in [-0.15, -0.1) is 0 Å². The fourth-order valence-corrected chi connectivity index (χ4v) is 2.02. The summed E-state index contributed by atoms with van der Waals surface area (Å²) in [4.78, 5) is 2.36. The average molecular weight is 254 g/mol. The quantitative estimate of drug-likeness (QED) is 0.816. The number of anilines is 1. The van der Waals surface area contributed by atoms with E-state index in [2.05, 4.69) is 71.9 Å². The third-order valence-corrected chi connectivity index (χ3v) is 3.22. The highest BCUT2D eigenvalue weighted by Crippen LogP contribution is 2.04. The second-order valence-electron chi connectivity index (χ2n) is 4.83. The first-order valence-electron chi connectivity index (χ1n) is 6.86. The van der Waals surface area contributed by atoms with Crippen LogP contribution < -0.4 is 5.32 Å². The van der Waals surface area contributed by atoms with Gasteiger partial charge in [-0.1, -0.05) is 48.5 Å². The molecule has 0 saturated heterocycles. The summed E-state index contributed by atoms with van der Waals surface area (Å²) in [5, 5.41) is 3.43. The van der Waals surface area contributed by atoms with Gasteiger partial charge in [0.25, 0.3) is 0 Å². The third-order valence-electron chi connectivity index (χ3n) is 3.22. The van der Waals surface area contributed by atoms with E-state index in [1.54, 1.807) is 0 Å². The van der Waals surface area contributed by atoms with Crippen molar-refractivity contribution >= 4 is 5.69 Å². The minimum atomic E-state index is 0.981. The van der Waals surface area contributed by atoms with Crippen LogP contribution in [0.5, 0.6) is 0 Å². The predicted molar refractivity (Wildman–Crippen MR) is 82.6 cm³/mol. The van der Waals surface area contributed by atoms with E-state index in [4.69, 9.17) is 0 Å². The summed E-state index contributed by atoms with van der Waals surface area (Å²) in [5.41, 5.74) is 2.60. The second kappa shape index (κ2) is 7.59. The highest BCUT2D eigenvalue weighted by atomic mass is 15.1. The normalized spacial score (nSPS) is 10.6. The van der Waals surface area contributed by atoms with Gasteiger partial charge in [-0.3, -0.25) is 0 Å². The van der Waals surface area contributed by atoms with Gasteiger partial charge in [0, 0.05) is 25.3 Å². The standard InChI is InChI=1S/C17H22N2/c1-19(14-12-16-8-4-2-5-9-16)15-13-18-17-10-6-3-7-11-17/h2-11,18H,12-15H2,1H3. The lowest BCUT2D eigenvalue weighted by Crippen LogP contribution is -2.27. The number of hydrogen-bond donors (Lipinski definition) is 1. The Morgan fingerprint density at radius 3 is 2.16 bits per heavy atom. The van der Waals surface area contributed by atoms with Gasteiger partial charge in [-0.2, -0.15) is 0 Å². The molecule has 2 rings (SSSR count). The largest absolute Gasteiger partial charge is 0.384 e. The van der Waals surface area contributed by atoms with E-state index in [-0.39, 0.29) is 0 Å². The fourth-order valence-electron chi connectivity index (χ4n) is 2.02. The molecule has 0 atom stereocenters. The van der Waals surface area contributed by atoms with E-state index in [0.29, 0.717) is 0 Å². The van der Waals surface area contributed by atoms with Gasteiger partial charge in [0.05, 0.1) is 0 Å². The number of nitrogens with zero attached hydrogens (tertiary/aromatic N) is 1. The first-order chi connectivity index (χ1) is 9.34. The summed E-state index contributed by atoms with van der Waals surface area (Å²) in [6, 6.07) is 21.0. The highest BCUT2D eigenvalue weighted by molar-refractivity contribution is 5.42. The van der Waals surface area contributed by atoms with Crippen molar-refractivity contribution in [3.63, 3.8) is 0 Å². The van der Waals surface area contributed by atoms with Crippen molar-refractivity contribution < 1.29 is 0 Å². The van der Waals surface area contributed by atoms with Gasteiger partial charge < -0.3 is 10.2 Å². The molecular weight excluding hydrogens is 232 g/mol. The Hall–Kier alpha value is -1.80. The third kappa shape index (κ3) is 5.14. The zero-order valence-corrected chi connectivity index (χ0v) is 11.5. The van der Waals surface area contributed by atoms with Gasteiger partial charge in [0.15, 0.2) is 0 Å². The lowest BCUT2D eigenvalue weighted by Gasteiger charge is -2.17. The van der Waals surface area contributed by atoms with Crippen LogP contribution in [0.25, 0.3) is 0 Å². The number of para-hydroxylation sites is 1. The minimum absolute atomic E-state index is 0.981. The molecule has 0 unspecified atom stereocenters. The summed E-state index contributed by atoms with van der Waals surface area (Å²) in [5.74, 6) is 0. The fraction of sp³-hybridized carbons (Fsp3) is 0.294. The molecule has 0 aliphatic carbocycles. The van der Waals surface area contributed by atoms with Crippen molar-refractivity contribution in [3.05, 3.63) is 66.2 Å². The van der Waals surface area contributed by atoms with Gasteiger partial charge in [0.1, 0.15) is 0 Å². The van der Waals surface area contributed by atoms with Crippen LogP contribution in [0.2, 0.25) is 0 Å². The molecule has 100 valence electrons. The van der Waals surface area contributed by atoms with Gasteiger partial charge in [-0.25, -0.2) is 0 Å². The van der Waals surface area contributed by atoms with Crippen LogP contribution in [0, 0.1) is 0 Å². The molecule has 0 aromatic heterocycles. The van der Waals surface area contributed by atoms with Crippen LogP contribution in [0.4, 0.5) is 5.69 Å². The van der Waals surface area contributed by atoms with Crippen molar-refractivity contribution in [2.75, 3.05) is 32.0 Å². The number of rotatable bonds is 7. The van der Waals surface area contributed by atoms with Crippen molar-refractivity contribution in [1.29, 1.82) is 0 Å². The van der Waals surface area contributed by atoms with Gasteiger partial charge >= 0.3 is 0 Å². The molecule has 0 saturated carbocycles. The summed E-state index contributed by atoms with van der Waals surface area (Å²) < 4.78 is 0. The van der Waals surface area contributed by atoms with Crippen LogP contribution in [-0.2, 0) is 6.42 Å². The molecule has 0 aliphatic rings. The first-order valence-corrected chi connectivity index (χ1v) is 6.86. The van der Waals surface area contributed by atoms with E-state index >= 15 is 0 Å². The van der Waals surface area contributed by atoms with E-state index in [0.717, 1.165) is 26.1 Å². The van der Waals surface area contributed by atoms with Crippen LogP contribution >= 0.6 is 0 Å². The van der Waals surface area contributed by atoms with Crippen molar-refractivity contribution in [1.82, 2.24) is 4.90 Å². The maximum Gasteiger partial charge on any atom is 0.0340 e. The molecule has 0 radical (unpaired) electrons. The molecule has 0 aliphatic heterocycles. The van der Waals surface area contributed by atoms with Crippen molar-refractivity contribution in [3.8, 4) is 0 Å².